The van der Waals surface area contributed by atoms with E-state index in [9.17, 15) is 4.79 Å². The Hall–Kier alpha value is -0.610. The summed E-state index contributed by atoms with van der Waals surface area (Å²) in [5, 5.41) is 0. The quantitative estimate of drug-likeness (QED) is 0.753. The standard InChI is InChI=1S/C13H27NO3/c1-8(2)9(3)16-12(15)11(14)10(4)17-13(5,6)7/h8-11H,14H2,1-7H3/t9?,10-,11+/m1/s1. The van der Waals surface area contributed by atoms with Crippen molar-refractivity contribution in [2.45, 2.75) is 72.3 Å². The van der Waals surface area contributed by atoms with Gasteiger partial charge in [-0.2, -0.15) is 0 Å². The van der Waals surface area contributed by atoms with Gasteiger partial charge in [-0.05, 0) is 40.5 Å². The molecule has 2 N–H and O–H groups in total. The minimum Gasteiger partial charge on any atom is -0.461 e. The van der Waals surface area contributed by atoms with Crippen molar-refractivity contribution in [2.75, 3.05) is 0 Å². The molecule has 0 saturated carbocycles. The Morgan fingerprint density at radius 2 is 1.53 bits per heavy atom. The largest absolute Gasteiger partial charge is 0.461 e. The van der Waals surface area contributed by atoms with Crippen LogP contribution in [0.2, 0.25) is 0 Å². The van der Waals surface area contributed by atoms with Crippen LogP contribution in [0.4, 0.5) is 0 Å². The summed E-state index contributed by atoms with van der Waals surface area (Å²) >= 11 is 0. The fraction of sp³-hybridized carbons (Fsp3) is 0.923. The molecule has 0 aliphatic carbocycles. The lowest BCUT2D eigenvalue weighted by molar-refractivity contribution is -0.158. The van der Waals surface area contributed by atoms with E-state index in [0.29, 0.717) is 0 Å². The summed E-state index contributed by atoms with van der Waals surface area (Å²) in [7, 11) is 0. The molecule has 0 bridgehead atoms. The third kappa shape index (κ3) is 6.64. The summed E-state index contributed by atoms with van der Waals surface area (Å²) in [5.74, 6) is -0.118. The first-order valence-corrected chi connectivity index (χ1v) is 6.18. The van der Waals surface area contributed by atoms with Gasteiger partial charge in [-0.1, -0.05) is 13.8 Å². The Morgan fingerprint density at radius 1 is 1.06 bits per heavy atom. The maximum atomic E-state index is 11.8. The smallest absolute Gasteiger partial charge is 0.325 e. The number of rotatable bonds is 5. The zero-order valence-electron chi connectivity index (χ0n) is 12.1. The first-order valence-electron chi connectivity index (χ1n) is 6.18. The summed E-state index contributed by atoms with van der Waals surface area (Å²) in [5.41, 5.74) is 5.50. The van der Waals surface area contributed by atoms with Crippen LogP contribution in [-0.4, -0.2) is 29.8 Å². The van der Waals surface area contributed by atoms with Gasteiger partial charge in [-0.15, -0.1) is 0 Å². The van der Waals surface area contributed by atoms with Crippen molar-refractivity contribution in [3.63, 3.8) is 0 Å². The average molecular weight is 245 g/mol. The highest BCUT2D eigenvalue weighted by molar-refractivity contribution is 5.76. The van der Waals surface area contributed by atoms with E-state index in [4.69, 9.17) is 15.2 Å². The number of hydrogen-bond acceptors (Lipinski definition) is 4. The first-order chi connectivity index (χ1) is 7.54. The molecule has 1 unspecified atom stereocenters. The highest BCUT2D eigenvalue weighted by atomic mass is 16.6. The van der Waals surface area contributed by atoms with Crippen molar-refractivity contribution in [2.24, 2.45) is 11.7 Å². The molecule has 0 aliphatic rings. The van der Waals surface area contributed by atoms with Crippen LogP contribution in [0.15, 0.2) is 0 Å². The van der Waals surface area contributed by atoms with Gasteiger partial charge in [0, 0.05) is 0 Å². The number of esters is 1. The van der Waals surface area contributed by atoms with E-state index in [2.05, 4.69) is 0 Å². The fourth-order valence-corrected chi connectivity index (χ4v) is 1.22. The predicted molar refractivity (Wildman–Crippen MR) is 68.7 cm³/mol. The van der Waals surface area contributed by atoms with E-state index in [-0.39, 0.29) is 23.7 Å². The van der Waals surface area contributed by atoms with E-state index < -0.39 is 12.0 Å². The monoisotopic (exact) mass is 245 g/mol. The van der Waals surface area contributed by atoms with Gasteiger partial charge < -0.3 is 15.2 Å². The van der Waals surface area contributed by atoms with Crippen molar-refractivity contribution in [3.8, 4) is 0 Å². The zero-order chi connectivity index (χ0) is 13.8. The molecule has 0 heterocycles. The highest BCUT2D eigenvalue weighted by Gasteiger charge is 2.28. The molecule has 0 aliphatic heterocycles. The van der Waals surface area contributed by atoms with Crippen LogP contribution in [0.3, 0.4) is 0 Å². The second-order valence-corrected chi connectivity index (χ2v) is 5.85. The van der Waals surface area contributed by atoms with E-state index >= 15 is 0 Å². The predicted octanol–water partition coefficient (Wildman–Crippen LogP) is 2.10. The average Bonchev–Trinajstić information content (AvgIpc) is 2.13. The minimum atomic E-state index is -0.740. The van der Waals surface area contributed by atoms with Crippen LogP contribution in [-0.2, 0) is 14.3 Å². The summed E-state index contributed by atoms with van der Waals surface area (Å²) in [6.07, 6.45) is -0.489. The van der Waals surface area contributed by atoms with Crippen LogP contribution in [0.5, 0.6) is 0 Å². The molecule has 4 heteroatoms. The molecule has 0 spiro atoms. The molecule has 0 aromatic rings. The topological polar surface area (TPSA) is 61.5 Å². The van der Waals surface area contributed by atoms with E-state index in [1.54, 1.807) is 6.92 Å². The van der Waals surface area contributed by atoms with Gasteiger partial charge in [0.05, 0.1) is 11.7 Å². The van der Waals surface area contributed by atoms with Gasteiger partial charge in [-0.25, -0.2) is 0 Å². The Bertz CT molecular complexity index is 246. The Morgan fingerprint density at radius 3 is 1.88 bits per heavy atom. The van der Waals surface area contributed by atoms with Gasteiger partial charge in [0.2, 0.25) is 0 Å². The molecule has 102 valence electrons. The van der Waals surface area contributed by atoms with Crippen LogP contribution in [0.25, 0.3) is 0 Å². The molecule has 3 atom stereocenters. The minimum absolute atomic E-state index is 0.129. The number of carbonyl (C=O) groups is 1. The van der Waals surface area contributed by atoms with Crippen LogP contribution >= 0.6 is 0 Å². The molecular weight excluding hydrogens is 218 g/mol. The van der Waals surface area contributed by atoms with E-state index in [0.717, 1.165) is 0 Å². The van der Waals surface area contributed by atoms with Crippen molar-refractivity contribution in [3.05, 3.63) is 0 Å². The first kappa shape index (κ1) is 16.4. The summed E-state index contributed by atoms with van der Waals surface area (Å²) < 4.78 is 10.9. The third-order valence-electron chi connectivity index (χ3n) is 2.56. The molecule has 4 nitrogen and oxygen atoms in total. The lowest BCUT2D eigenvalue weighted by Gasteiger charge is -2.29. The molecule has 0 saturated heterocycles. The SMILES string of the molecule is CC(C)C(C)OC(=O)[C@@H](N)[C@@H](C)OC(C)(C)C. The van der Waals surface area contributed by atoms with Crippen molar-refractivity contribution >= 4 is 5.97 Å². The van der Waals surface area contributed by atoms with E-state index in [1.165, 1.54) is 0 Å². The molecule has 0 fully saturated rings. The van der Waals surface area contributed by atoms with Crippen molar-refractivity contribution < 1.29 is 14.3 Å². The van der Waals surface area contributed by atoms with Gasteiger partial charge in [0.1, 0.15) is 12.1 Å². The second kappa shape index (κ2) is 6.36. The van der Waals surface area contributed by atoms with Crippen LogP contribution in [0, 0.1) is 5.92 Å². The van der Waals surface area contributed by atoms with Crippen LogP contribution in [0.1, 0.15) is 48.5 Å². The Balaban J connectivity index is 4.30. The maximum Gasteiger partial charge on any atom is 0.325 e. The Kier molecular flexibility index (Phi) is 6.13. The Labute approximate surface area is 105 Å². The number of hydrogen-bond donors (Lipinski definition) is 1. The highest BCUT2D eigenvalue weighted by Crippen LogP contribution is 2.14. The molecular formula is C13H27NO3. The van der Waals surface area contributed by atoms with Gasteiger partial charge in [0.15, 0.2) is 0 Å². The van der Waals surface area contributed by atoms with Gasteiger partial charge in [-0.3, -0.25) is 4.79 Å². The normalized spacial score (nSPS) is 17.7. The molecule has 0 rings (SSSR count). The van der Waals surface area contributed by atoms with Gasteiger partial charge >= 0.3 is 5.97 Å². The lowest BCUT2D eigenvalue weighted by atomic mass is 10.1. The molecule has 0 radical (unpaired) electrons. The van der Waals surface area contributed by atoms with Crippen molar-refractivity contribution in [1.82, 2.24) is 0 Å². The van der Waals surface area contributed by atoms with E-state index in [1.807, 2.05) is 41.5 Å². The summed E-state index contributed by atoms with van der Waals surface area (Å²) in [4.78, 5) is 11.8. The molecule has 0 amide bonds. The van der Waals surface area contributed by atoms with Gasteiger partial charge in [0.25, 0.3) is 0 Å². The fourth-order valence-electron chi connectivity index (χ4n) is 1.22. The lowest BCUT2D eigenvalue weighted by Crippen LogP contribution is -2.46. The third-order valence-corrected chi connectivity index (χ3v) is 2.56. The second-order valence-electron chi connectivity index (χ2n) is 5.85. The maximum absolute atomic E-state index is 11.8. The summed E-state index contributed by atoms with van der Waals surface area (Å²) in [6, 6.07) is -0.740. The molecule has 0 aromatic carbocycles. The number of ether oxygens (including phenoxy) is 2. The van der Waals surface area contributed by atoms with Crippen molar-refractivity contribution in [1.29, 1.82) is 0 Å². The molecule has 17 heavy (non-hydrogen) atoms. The molecule has 0 aromatic heterocycles. The van der Waals surface area contributed by atoms with Crippen LogP contribution < -0.4 is 5.73 Å². The number of carbonyl (C=O) groups excluding carboxylic acids is 1. The number of nitrogens with two attached hydrogens (primary N) is 1. The summed E-state index contributed by atoms with van der Waals surface area (Å²) in [6.45, 7) is 13.4. The zero-order valence-corrected chi connectivity index (χ0v) is 12.1.